The van der Waals surface area contributed by atoms with Crippen LogP contribution in [0.2, 0.25) is 0 Å². The summed E-state index contributed by atoms with van der Waals surface area (Å²) in [5, 5.41) is 24.0. The van der Waals surface area contributed by atoms with E-state index >= 15 is 0 Å². The highest BCUT2D eigenvalue weighted by Crippen LogP contribution is 2.44. The molecule has 1 saturated heterocycles. The summed E-state index contributed by atoms with van der Waals surface area (Å²) in [6.07, 6.45) is -5.18. The van der Waals surface area contributed by atoms with Gasteiger partial charge in [0.25, 0.3) is 0 Å². The van der Waals surface area contributed by atoms with Crippen molar-refractivity contribution in [2.45, 2.75) is 17.9 Å². The van der Waals surface area contributed by atoms with Gasteiger partial charge in [-0.1, -0.05) is 42.5 Å². The summed E-state index contributed by atoms with van der Waals surface area (Å²) in [4.78, 5) is 13.0. The van der Waals surface area contributed by atoms with Crippen LogP contribution in [-0.2, 0) is 0 Å². The number of alkyl halides is 3. The third kappa shape index (κ3) is 3.47. The van der Waals surface area contributed by atoms with Gasteiger partial charge < -0.3 is 20.8 Å². The first kappa shape index (κ1) is 19.1. The van der Waals surface area contributed by atoms with Crippen LogP contribution in [0.25, 0.3) is 0 Å². The van der Waals surface area contributed by atoms with Crippen LogP contribution in [0.3, 0.4) is 0 Å². The molecule has 27 heavy (non-hydrogen) atoms. The molecule has 0 radical (unpaired) electrons. The Kier molecular flexibility index (Phi) is 4.83. The molecule has 3 rings (SSSR count). The predicted molar refractivity (Wildman–Crippen MR) is 95.0 cm³/mol. The van der Waals surface area contributed by atoms with E-state index in [1.54, 1.807) is 6.07 Å². The average Bonchev–Trinajstić information content (AvgIpc) is 2.61. The van der Waals surface area contributed by atoms with Crippen molar-refractivity contribution >= 4 is 23.1 Å². The molecule has 4 N–H and O–H groups in total. The molecule has 1 aliphatic heterocycles. The summed E-state index contributed by atoms with van der Waals surface area (Å²) in [7, 11) is 0. The lowest BCUT2D eigenvalue weighted by Crippen LogP contribution is -2.72. The van der Waals surface area contributed by atoms with Gasteiger partial charge in [-0.3, -0.25) is 4.79 Å². The molecule has 1 heterocycles. The van der Waals surface area contributed by atoms with Gasteiger partial charge >= 0.3 is 6.18 Å². The molecule has 2 aromatic rings. The van der Waals surface area contributed by atoms with E-state index in [1.165, 1.54) is 48.5 Å². The second kappa shape index (κ2) is 6.82. The monoisotopic (exact) mass is 396 g/mol. The summed E-state index contributed by atoms with van der Waals surface area (Å²) in [5.74, 6) is -2.96. The molecule has 0 saturated carbocycles. The minimum absolute atomic E-state index is 0.0189. The molecular weight excluding hydrogens is 381 g/mol. The van der Waals surface area contributed by atoms with E-state index in [2.05, 4.69) is 5.32 Å². The maximum Gasteiger partial charge on any atom is 0.437 e. The number of hydrogen-bond acceptors (Lipinski definition) is 4. The molecule has 9 heteroatoms. The van der Waals surface area contributed by atoms with Crippen molar-refractivity contribution in [3.63, 3.8) is 0 Å². The Balaban J connectivity index is 2.15. The maximum atomic E-state index is 13.8. The third-order valence-corrected chi connectivity index (χ3v) is 4.62. The fourth-order valence-corrected chi connectivity index (χ4v) is 3.36. The third-order valence-electron chi connectivity index (χ3n) is 4.40. The molecule has 0 unspecified atom stereocenters. The molecule has 3 atom stereocenters. The zero-order chi connectivity index (χ0) is 19.8. The van der Waals surface area contributed by atoms with Gasteiger partial charge in [-0.15, -0.1) is 0 Å². The zero-order valence-corrected chi connectivity index (χ0v) is 14.5. The quantitative estimate of drug-likeness (QED) is 0.472. The van der Waals surface area contributed by atoms with E-state index in [-0.39, 0.29) is 16.9 Å². The average molecular weight is 396 g/mol. The van der Waals surface area contributed by atoms with E-state index in [4.69, 9.17) is 12.2 Å². The molecular formula is C18H15F3N2O3S. The van der Waals surface area contributed by atoms with Gasteiger partial charge in [0.2, 0.25) is 5.72 Å². The number of carbonyl (C=O) groups is 1. The molecule has 5 nitrogen and oxygen atoms in total. The number of thiocarbonyl (C=S) groups is 1. The van der Waals surface area contributed by atoms with E-state index in [9.17, 15) is 28.2 Å². The van der Waals surface area contributed by atoms with Gasteiger partial charge in [-0.2, -0.15) is 13.2 Å². The van der Waals surface area contributed by atoms with Crippen LogP contribution in [0.15, 0.2) is 54.6 Å². The molecule has 2 aromatic carbocycles. The minimum atomic E-state index is -5.18. The lowest BCUT2D eigenvalue weighted by Gasteiger charge is -2.46. The first-order valence-electron chi connectivity index (χ1n) is 7.89. The summed E-state index contributed by atoms with van der Waals surface area (Å²) >= 11 is 4.84. The first-order valence-corrected chi connectivity index (χ1v) is 8.30. The number of rotatable bonds is 3. The second-order valence-corrected chi connectivity index (χ2v) is 6.55. The first-order chi connectivity index (χ1) is 12.6. The lowest BCUT2D eigenvalue weighted by molar-refractivity contribution is -0.285. The SMILES string of the molecule is O=C(c1ccccc1)[C@H]1[C@H](c2ccc(O)cc2)NC(=S)N[C@@]1(O)C(F)(F)F. The van der Waals surface area contributed by atoms with Gasteiger partial charge in [0.1, 0.15) is 11.7 Å². The fraction of sp³-hybridized carbons (Fsp3) is 0.222. The van der Waals surface area contributed by atoms with E-state index in [0.717, 1.165) is 0 Å². The number of Topliss-reactive ketones (excluding diaryl/α,β-unsaturated/α-hetero) is 1. The summed E-state index contributed by atoms with van der Waals surface area (Å²) in [5.41, 5.74) is -3.29. The van der Waals surface area contributed by atoms with Gasteiger partial charge in [0, 0.05) is 5.56 Å². The summed E-state index contributed by atoms with van der Waals surface area (Å²) < 4.78 is 41.4. The summed E-state index contributed by atoms with van der Waals surface area (Å²) in [6.45, 7) is 0. The Morgan fingerprint density at radius 2 is 1.67 bits per heavy atom. The van der Waals surface area contributed by atoms with E-state index in [1.807, 2.05) is 5.32 Å². The second-order valence-electron chi connectivity index (χ2n) is 6.14. The minimum Gasteiger partial charge on any atom is -0.508 e. The topological polar surface area (TPSA) is 81.6 Å². The van der Waals surface area contributed by atoms with Gasteiger partial charge in [-0.25, -0.2) is 0 Å². The van der Waals surface area contributed by atoms with Crippen LogP contribution in [0.4, 0.5) is 13.2 Å². The van der Waals surface area contributed by atoms with Crippen LogP contribution in [0, 0.1) is 5.92 Å². The Bertz CT molecular complexity index is 858. The number of halogens is 3. The number of ketones is 1. The number of aliphatic hydroxyl groups is 1. The molecule has 142 valence electrons. The standard InChI is InChI=1S/C18H15F3N2O3S/c19-18(20,21)17(26)13(15(25)11-4-2-1-3-5-11)14(22-16(27)23-17)10-6-8-12(24)9-7-10/h1-9,13-14,24,26H,(H2,22,23,27)/t13-,14+,17+/m1/s1. The molecule has 0 aromatic heterocycles. The van der Waals surface area contributed by atoms with Crippen molar-refractivity contribution in [1.29, 1.82) is 0 Å². The number of carbonyl (C=O) groups excluding carboxylic acids is 1. The number of hydrogen-bond donors (Lipinski definition) is 4. The van der Waals surface area contributed by atoms with Crippen LogP contribution in [0.1, 0.15) is 22.0 Å². The van der Waals surface area contributed by atoms with Crippen molar-refractivity contribution < 1.29 is 28.2 Å². The number of phenolic OH excluding ortho intramolecular Hbond substituents is 1. The van der Waals surface area contributed by atoms with E-state index < -0.39 is 34.8 Å². The Morgan fingerprint density at radius 1 is 1.07 bits per heavy atom. The van der Waals surface area contributed by atoms with Crippen LogP contribution in [0.5, 0.6) is 5.75 Å². The molecule has 0 aliphatic carbocycles. The van der Waals surface area contributed by atoms with E-state index in [0.29, 0.717) is 0 Å². The van der Waals surface area contributed by atoms with Gasteiger partial charge in [-0.05, 0) is 29.9 Å². The van der Waals surface area contributed by atoms with Crippen molar-refractivity contribution in [1.82, 2.24) is 10.6 Å². The van der Waals surface area contributed by atoms with Crippen molar-refractivity contribution in [2.75, 3.05) is 0 Å². The number of benzene rings is 2. The predicted octanol–water partition coefficient (Wildman–Crippen LogP) is 2.66. The maximum absolute atomic E-state index is 13.8. The molecule has 0 spiro atoms. The van der Waals surface area contributed by atoms with Gasteiger partial charge in [0.15, 0.2) is 10.9 Å². The Hall–Kier alpha value is -2.65. The fourth-order valence-electron chi connectivity index (χ4n) is 3.08. The smallest absolute Gasteiger partial charge is 0.437 e. The number of nitrogens with one attached hydrogen (secondary N) is 2. The normalized spacial score (nSPS) is 25.4. The molecule has 0 amide bonds. The van der Waals surface area contributed by atoms with Gasteiger partial charge in [0.05, 0.1) is 6.04 Å². The largest absolute Gasteiger partial charge is 0.508 e. The Labute approximate surface area is 157 Å². The lowest BCUT2D eigenvalue weighted by atomic mass is 9.77. The van der Waals surface area contributed by atoms with Crippen molar-refractivity contribution in [3.05, 3.63) is 65.7 Å². The number of phenols is 1. The molecule has 1 aliphatic rings. The highest BCUT2D eigenvalue weighted by molar-refractivity contribution is 7.80. The summed E-state index contributed by atoms with van der Waals surface area (Å²) in [6, 6.07) is 11.4. The van der Waals surface area contributed by atoms with Crippen LogP contribution >= 0.6 is 12.2 Å². The van der Waals surface area contributed by atoms with Crippen molar-refractivity contribution in [2.24, 2.45) is 5.92 Å². The van der Waals surface area contributed by atoms with Crippen LogP contribution < -0.4 is 10.6 Å². The highest BCUT2D eigenvalue weighted by Gasteiger charge is 2.65. The Morgan fingerprint density at radius 3 is 2.22 bits per heavy atom. The van der Waals surface area contributed by atoms with Crippen molar-refractivity contribution in [3.8, 4) is 5.75 Å². The number of aromatic hydroxyl groups is 1. The molecule has 1 fully saturated rings. The highest BCUT2D eigenvalue weighted by atomic mass is 32.1. The van der Waals surface area contributed by atoms with Crippen LogP contribution in [-0.4, -0.2) is 33.0 Å². The molecule has 0 bridgehead atoms. The zero-order valence-electron chi connectivity index (χ0n) is 13.7.